The highest BCUT2D eigenvalue weighted by Gasteiger charge is 2.21. The molecule has 3 N–H and O–H groups in total. The zero-order valence-electron chi connectivity index (χ0n) is 10.0. The van der Waals surface area contributed by atoms with Crippen molar-refractivity contribution < 1.29 is 0 Å². The highest BCUT2D eigenvalue weighted by atomic mass is 15.2. The van der Waals surface area contributed by atoms with Crippen molar-refractivity contribution in [1.29, 1.82) is 0 Å². The van der Waals surface area contributed by atoms with Crippen molar-refractivity contribution in [2.45, 2.75) is 57.7 Å². The van der Waals surface area contributed by atoms with Crippen molar-refractivity contribution in [1.82, 2.24) is 9.55 Å². The van der Waals surface area contributed by atoms with Crippen molar-refractivity contribution in [3.63, 3.8) is 0 Å². The van der Waals surface area contributed by atoms with Crippen LogP contribution in [0, 0.1) is 0 Å². The predicted molar refractivity (Wildman–Crippen MR) is 66.4 cm³/mol. The Bertz CT molecular complexity index is 321. The van der Waals surface area contributed by atoms with Gasteiger partial charge in [-0.15, -0.1) is 0 Å². The highest BCUT2D eigenvalue weighted by molar-refractivity contribution is 5.28. The molecule has 0 radical (unpaired) electrons. The first kappa shape index (κ1) is 11.5. The zero-order chi connectivity index (χ0) is 11.4. The molecule has 0 spiro atoms. The Balaban J connectivity index is 2.01. The SMILES string of the molecule is CCn1ccnc1NC1CCCCCC1N. The van der Waals surface area contributed by atoms with E-state index >= 15 is 0 Å². The molecule has 0 aromatic carbocycles. The molecule has 1 heterocycles. The summed E-state index contributed by atoms with van der Waals surface area (Å²) < 4.78 is 2.12. The van der Waals surface area contributed by atoms with Crippen LogP contribution in [0.5, 0.6) is 0 Å². The van der Waals surface area contributed by atoms with Gasteiger partial charge in [0.25, 0.3) is 0 Å². The van der Waals surface area contributed by atoms with Crippen molar-refractivity contribution in [2.24, 2.45) is 5.73 Å². The average molecular weight is 222 g/mol. The van der Waals surface area contributed by atoms with Gasteiger partial charge in [0, 0.05) is 31.0 Å². The van der Waals surface area contributed by atoms with E-state index in [0.29, 0.717) is 6.04 Å². The number of nitrogens with one attached hydrogen (secondary N) is 1. The molecule has 0 amide bonds. The van der Waals surface area contributed by atoms with Gasteiger partial charge in [-0.05, 0) is 19.8 Å². The van der Waals surface area contributed by atoms with E-state index < -0.39 is 0 Å². The number of hydrogen-bond donors (Lipinski definition) is 2. The molecule has 1 saturated carbocycles. The van der Waals surface area contributed by atoms with E-state index in [9.17, 15) is 0 Å². The van der Waals surface area contributed by atoms with Crippen LogP contribution in [0.2, 0.25) is 0 Å². The van der Waals surface area contributed by atoms with Crippen LogP contribution in [0.4, 0.5) is 5.95 Å². The molecule has 16 heavy (non-hydrogen) atoms. The number of rotatable bonds is 3. The lowest BCUT2D eigenvalue weighted by Gasteiger charge is -2.23. The molecule has 1 aliphatic carbocycles. The van der Waals surface area contributed by atoms with Crippen LogP contribution in [-0.4, -0.2) is 21.6 Å². The summed E-state index contributed by atoms with van der Waals surface area (Å²) in [6, 6.07) is 0.653. The summed E-state index contributed by atoms with van der Waals surface area (Å²) in [7, 11) is 0. The third kappa shape index (κ3) is 2.55. The molecule has 2 rings (SSSR count). The molecule has 1 aromatic heterocycles. The first-order valence-electron chi connectivity index (χ1n) is 6.34. The summed E-state index contributed by atoms with van der Waals surface area (Å²) in [4.78, 5) is 4.34. The number of imidazole rings is 1. The van der Waals surface area contributed by atoms with Gasteiger partial charge in [0.05, 0.1) is 0 Å². The van der Waals surface area contributed by atoms with Crippen molar-refractivity contribution in [3.8, 4) is 0 Å². The zero-order valence-corrected chi connectivity index (χ0v) is 10.0. The molecule has 4 heteroatoms. The molecular formula is C12H22N4. The molecule has 2 atom stereocenters. The molecule has 90 valence electrons. The number of nitrogens with zero attached hydrogens (tertiary/aromatic N) is 2. The topological polar surface area (TPSA) is 55.9 Å². The first-order chi connectivity index (χ1) is 7.81. The summed E-state index contributed by atoms with van der Waals surface area (Å²) in [6.07, 6.45) is 9.99. The Labute approximate surface area is 97.2 Å². The number of aryl methyl sites for hydroxylation is 1. The van der Waals surface area contributed by atoms with Crippen LogP contribution < -0.4 is 11.1 Å². The van der Waals surface area contributed by atoms with Crippen LogP contribution in [0.15, 0.2) is 12.4 Å². The lowest BCUT2D eigenvalue weighted by molar-refractivity contribution is 0.522. The molecule has 0 aliphatic heterocycles. The fraction of sp³-hybridized carbons (Fsp3) is 0.750. The Morgan fingerprint density at radius 1 is 1.44 bits per heavy atom. The number of aromatic nitrogens is 2. The van der Waals surface area contributed by atoms with Crippen LogP contribution >= 0.6 is 0 Å². The van der Waals surface area contributed by atoms with E-state index in [1.54, 1.807) is 0 Å². The molecule has 2 unspecified atom stereocenters. The molecular weight excluding hydrogens is 200 g/mol. The number of anilines is 1. The third-order valence-corrected chi connectivity index (χ3v) is 3.44. The molecule has 4 nitrogen and oxygen atoms in total. The average Bonchev–Trinajstić information content (AvgIpc) is 2.64. The molecule has 0 bridgehead atoms. The molecule has 0 saturated heterocycles. The van der Waals surface area contributed by atoms with Gasteiger partial charge in [0.2, 0.25) is 5.95 Å². The Kier molecular flexibility index (Phi) is 3.83. The lowest BCUT2D eigenvalue weighted by atomic mass is 10.0. The van der Waals surface area contributed by atoms with Gasteiger partial charge in [-0.25, -0.2) is 4.98 Å². The van der Waals surface area contributed by atoms with Crippen molar-refractivity contribution in [2.75, 3.05) is 5.32 Å². The summed E-state index contributed by atoms with van der Waals surface area (Å²) in [5.74, 6) is 0.963. The predicted octanol–water partition coefficient (Wildman–Crippen LogP) is 1.97. The van der Waals surface area contributed by atoms with E-state index in [4.69, 9.17) is 5.73 Å². The summed E-state index contributed by atoms with van der Waals surface area (Å²) in [5, 5.41) is 3.50. The largest absolute Gasteiger partial charge is 0.351 e. The summed E-state index contributed by atoms with van der Waals surface area (Å²) in [6.45, 7) is 3.07. The van der Waals surface area contributed by atoms with Crippen molar-refractivity contribution >= 4 is 5.95 Å². The van der Waals surface area contributed by atoms with E-state index in [2.05, 4.69) is 21.8 Å². The molecule has 1 fully saturated rings. The van der Waals surface area contributed by atoms with Crippen LogP contribution in [-0.2, 0) is 6.54 Å². The van der Waals surface area contributed by atoms with Gasteiger partial charge in [-0.3, -0.25) is 0 Å². The Hall–Kier alpha value is -1.03. The lowest BCUT2D eigenvalue weighted by Crippen LogP contribution is -2.40. The maximum Gasteiger partial charge on any atom is 0.203 e. The first-order valence-corrected chi connectivity index (χ1v) is 6.34. The molecule has 1 aliphatic rings. The minimum atomic E-state index is 0.268. The van der Waals surface area contributed by atoms with E-state index in [-0.39, 0.29) is 6.04 Å². The maximum absolute atomic E-state index is 6.19. The van der Waals surface area contributed by atoms with E-state index in [1.165, 1.54) is 19.3 Å². The van der Waals surface area contributed by atoms with Crippen LogP contribution in [0.3, 0.4) is 0 Å². The second-order valence-corrected chi connectivity index (χ2v) is 4.59. The fourth-order valence-corrected chi connectivity index (χ4v) is 2.39. The summed E-state index contributed by atoms with van der Waals surface area (Å²) >= 11 is 0. The van der Waals surface area contributed by atoms with Gasteiger partial charge < -0.3 is 15.6 Å². The van der Waals surface area contributed by atoms with Crippen molar-refractivity contribution in [3.05, 3.63) is 12.4 Å². The fourth-order valence-electron chi connectivity index (χ4n) is 2.39. The second kappa shape index (κ2) is 5.34. The monoisotopic (exact) mass is 222 g/mol. The Morgan fingerprint density at radius 3 is 3.06 bits per heavy atom. The van der Waals surface area contributed by atoms with Gasteiger partial charge in [0.1, 0.15) is 0 Å². The highest BCUT2D eigenvalue weighted by Crippen LogP contribution is 2.19. The minimum absolute atomic E-state index is 0.268. The molecule has 1 aromatic rings. The second-order valence-electron chi connectivity index (χ2n) is 4.59. The smallest absolute Gasteiger partial charge is 0.203 e. The Morgan fingerprint density at radius 2 is 2.25 bits per heavy atom. The third-order valence-electron chi connectivity index (χ3n) is 3.44. The van der Waals surface area contributed by atoms with Gasteiger partial charge >= 0.3 is 0 Å². The number of hydrogen-bond acceptors (Lipinski definition) is 3. The van der Waals surface area contributed by atoms with Crippen LogP contribution in [0.1, 0.15) is 39.0 Å². The normalized spacial score (nSPS) is 26.4. The van der Waals surface area contributed by atoms with Gasteiger partial charge in [-0.2, -0.15) is 0 Å². The number of nitrogens with two attached hydrogens (primary N) is 1. The van der Waals surface area contributed by atoms with Gasteiger partial charge in [0.15, 0.2) is 0 Å². The quantitative estimate of drug-likeness (QED) is 0.769. The maximum atomic E-state index is 6.19. The minimum Gasteiger partial charge on any atom is -0.351 e. The standard InChI is InChI=1S/C12H22N4/c1-2-16-9-8-14-12(16)15-11-7-5-3-4-6-10(11)13/h8-11H,2-7,13H2,1H3,(H,14,15). The summed E-state index contributed by atoms with van der Waals surface area (Å²) in [5.41, 5.74) is 6.19. The van der Waals surface area contributed by atoms with Crippen LogP contribution in [0.25, 0.3) is 0 Å². The van der Waals surface area contributed by atoms with Gasteiger partial charge in [-0.1, -0.05) is 19.3 Å². The van der Waals surface area contributed by atoms with E-state index in [1.807, 2.05) is 12.4 Å². The van der Waals surface area contributed by atoms with E-state index in [0.717, 1.165) is 25.3 Å².